The molecular formula is C10H7BrN4S2. The van der Waals surface area contributed by atoms with Gasteiger partial charge in [0.1, 0.15) is 0 Å². The molecule has 0 saturated heterocycles. The molecule has 0 atom stereocenters. The van der Waals surface area contributed by atoms with E-state index in [1.807, 2.05) is 30.8 Å². The van der Waals surface area contributed by atoms with Gasteiger partial charge in [-0.05, 0) is 34.3 Å². The highest BCUT2D eigenvalue weighted by molar-refractivity contribution is 9.11. The lowest BCUT2D eigenvalue weighted by atomic mass is 10.2. The van der Waals surface area contributed by atoms with E-state index in [4.69, 9.17) is 0 Å². The van der Waals surface area contributed by atoms with Crippen LogP contribution in [0.15, 0.2) is 33.5 Å². The topological polar surface area (TPSA) is 43.1 Å². The number of aromatic nitrogens is 4. The van der Waals surface area contributed by atoms with E-state index in [0.717, 1.165) is 25.2 Å². The number of halogens is 1. The second-order valence-electron chi connectivity index (χ2n) is 3.30. The number of nitrogens with zero attached hydrogens (tertiary/aromatic N) is 4. The van der Waals surface area contributed by atoms with Gasteiger partial charge in [-0.15, -0.1) is 16.9 Å². The number of rotatable bonds is 2. The molecule has 0 amide bonds. The Bertz CT molecular complexity index is 627. The van der Waals surface area contributed by atoms with Crippen LogP contribution in [-0.4, -0.2) is 25.8 Å². The molecule has 0 saturated carbocycles. The van der Waals surface area contributed by atoms with Gasteiger partial charge in [-0.3, -0.25) is 0 Å². The second-order valence-corrected chi connectivity index (χ2v) is 6.36. The third kappa shape index (κ3) is 2.10. The summed E-state index contributed by atoms with van der Waals surface area (Å²) in [4.78, 5) is 9.71. The van der Waals surface area contributed by atoms with Crippen LogP contribution in [0.4, 0.5) is 0 Å². The molecular weight excluding hydrogens is 320 g/mol. The smallest absolute Gasteiger partial charge is 0.213 e. The first kappa shape index (κ1) is 11.2. The van der Waals surface area contributed by atoms with Gasteiger partial charge in [0.15, 0.2) is 3.92 Å². The summed E-state index contributed by atoms with van der Waals surface area (Å²) >= 11 is 6.47. The van der Waals surface area contributed by atoms with Crippen molar-refractivity contribution in [2.45, 2.75) is 5.03 Å². The van der Waals surface area contributed by atoms with Gasteiger partial charge in [0.05, 0.1) is 16.9 Å². The summed E-state index contributed by atoms with van der Waals surface area (Å²) in [5, 5.41) is 5.27. The number of fused-ring (bicyclic) bond motifs is 1. The minimum absolute atomic E-state index is 0.836. The Morgan fingerprint density at radius 1 is 1.41 bits per heavy atom. The van der Waals surface area contributed by atoms with E-state index in [0.29, 0.717) is 0 Å². The molecule has 0 radical (unpaired) electrons. The summed E-state index contributed by atoms with van der Waals surface area (Å²) in [7, 11) is 0. The minimum Gasteiger partial charge on any atom is -0.249 e. The minimum atomic E-state index is 0.836. The highest BCUT2D eigenvalue weighted by Crippen LogP contribution is 2.24. The number of pyridine rings is 1. The standard InChI is InChI=1S/C10H7BrN4S2/c1-16-8-3-2-6(4-12-8)7-5-15-10(13-7)17-9(11)14-15/h2-5H,1H3. The third-order valence-electron chi connectivity index (χ3n) is 2.26. The molecule has 17 heavy (non-hydrogen) atoms. The van der Waals surface area contributed by atoms with Gasteiger partial charge in [0, 0.05) is 11.8 Å². The molecule has 0 aromatic carbocycles. The van der Waals surface area contributed by atoms with Crippen molar-refractivity contribution >= 4 is 44.0 Å². The van der Waals surface area contributed by atoms with Gasteiger partial charge in [-0.25, -0.2) is 14.5 Å². The van der Waals surface area contributed by atoms with Gasteiger partial charge in [0.2, 0.25) is 4.96 Å². The average Bonchev–Trinajstić information content (AvgIpc) is 2.86. The highest BCUT2D eigenvalue weighted by Gasteiger charge is 2.08. The van der Waals surface area contributed by atoms with Crippen LogP contribution in [0.2, 0.25) is 0 Å². The average molecular weight is 327 g/mol. The molecule has 0 bridgehead atoms. The van der Waals surface area contributed by atoms with Gasteiger partial charge < -0.3 is 0 Å². The zero-order chi connectivity index (χ0) is 11.8. The van der Waals surface area contributed by atoms with E-state index in [1.165, 1.54) is 11.3 Å². The maximum absolute atomic E-state index is 4.50. The van der Waals surface area contributed by atoms with E-state index in [2.05, 4.69) is 31.0 Å². The summed E-state index contributed by atoms with van der Waals surface area (Å²) in [6.07, 6.45) is 5.76. The van der Waals surface area contributed by atoms with E-state index in [9.17, 15) is 0 Å². The molecule has 3 heterocycles. The predicted octanol–water partition coefficient (Wildman–Crippen LogP) is 3.34. The van der Waals surface area contributed by atoms with Crippen molar-refractivity contribution < 1.29 is 0 Å². The highest BCUT2D eigenvalue weighted by atomic mass is 79.9. The Kier molecular flexibility index (Phi) is 2.89. The van der Waals surface area contributed by atoms with Crippen molar-refractivity contribution in [1.82, 2.24) is 19.6 Å². The maximum Gasteiger partial charge on any atom is 0.213 e. The van der Waals surface area contributed by atoms with Crippen molar-refractivity contribution in [3.8, 4) is 11.3 Å². The molecule has 0 unspecified atom stereocenters. The first-order valence-corrected chi connectivity index (χ1v) is 7.62. The first-order valence-electron chi connectivity index (χ1n) is 4.78. The second kappa shape index (κ2) is 4.40. The van der Waals surface area contributed by atoms with E-state index in [1.54, 1.807) is 16.3 Å². The zero-order valence-corrected chi connectivity index (χ0v) is 12.0. The van der Waals surface area contributed by atoms with Crippen LogP contribution in [0, 0.1) is 0 Å². The van der Waals surface area contributed by atoms with E-state index < -0.39 is 0 Å². The number of hydrogen-bond acceptors (Lipinski definition) is 5. The van der Waals surface area contributed by atoms with Crippen LogP contribution in [0.3, 0.4) is 0 Å². The van der Waals surface area contributed by atoms with Crippen molar-refractivity contribution in [2.24, 2.45) is 0 Å². The molecule has 0 aliphatic heterocycles. The Hall–Kier alpha value is -0.920. The fourth-order valence-corrected chi connectivity index (χ4v) is 3.05. The predicted molar refractivity (Wildman–Crippen MR) is 73.6 cm³/mol. The van der Waals surface area contributed by atoms with Gasteiger partial charge in [-0.2, -0.15) is 0 Å². The van der Waals surface area contributed by atoms with Crippen molar-refractivity contribution in [3.05, 3.63) is 28.4 Å². The van der Waals surface area contributed by atoms with Crippen molar-refractivity contribution in [1.29, 1.82) is 0 Å². The Labute approximate surface area is 114 Å². The molecule has 3 aromatic rings. The molecule has 3 aromatic heterocycles. The van der Waals surface area contributed by atoms with Crippen LogP contribution in [-0.2, 0) is 0 Å². The largest absolute Gasteiger partial charge is 0.249 e. The monoisotopic (exact) mass is 326 g/mol. The fraction of sp³-hybridized carbons (Fsp3) is 0.100. The lowest BCUT2D eigenvalue weighted by molar-refractivity contribution is 0.959. The fourth-order valence-electron chi connectivity index (χ4n) is 1.47. The quantitative estimate of drug-likeness (QED) is 0.677. The Morgan fingerprint density at radius 3 is 2.94 bits per heavy atom. The van der Waals surface area contributed by atoms with Crippen LogP contribution < -0.4 is 0 Å². The van der Waals surface area contributed by atoms with Crippen molar-refractivity contribution in [3.63, 3.8) is 0 Å². The molecule has 3 rings (SSSR count). The lowest BCUT2D eigenvalue weighted by Crippen LogP contribution is -1.82. The molecule has 0 spiro atoms. The van der Waals surface area contributed by atoms with E-state index in [-0.39, 0.29) is 0 Å². The summed E-state index contributed by atoms with van der Waals surface area (Å²) in [5.41, 5.74) is 1.91. The summed E-state index contributed by atoms with van der Waals surface area (Å²) in [5.74, 6) is 0. The Balaban J connectivity index is 2.04. The first-order chi connectivity index (χ1) is 8.26. The number of hydrogen-bond donors (Lipinski definition) is 0. The van der Waals surface area contributed by atoms with Gasteiger partial charge in [-0.1, -0.05) is 11.3 Å². The SMILES string of the molecule is CSc1ccc(-c2cn3nc(Br)sc3n2)cn1. The zero-order valence-electron chi connectivity index (χ0n) is 8.79. The van der Waals surface area contributed by atoms with Gasteiger partial charge >= 0.3 is 0 Å². The summed E-state index contributed by atoms with van der Waals surface area (Å²) in [6.45, 7) is 0. The molecule has 0 aliphatic rings. The molecule has 7 heteroatoms. The van der Waals surface area contributed by atoms with E-state index >= 15 is 0 Å². The number of imidazole rings is 1. The lowest BCUT2D eigenvalue weighted by Gasteiger charge is -1.97. The summed E-state index contributed by atoms with van der Waals surface area (Å²) in [6, 6.07) is 4.02. The maximum atomic E-state index is 4.50. The summed E-state index contributed by atoms with van der Waals surface area (Å²) < 4.78 is 2.61. The number of thioether (sulfide) groups is 1. The Morgan fingerprint density at radius 2 is 2.29 bits per heavy atom. The van der Waals surface area contributed by atoms with Crippen LogP contribution in [0.5, 0.6) is 0 Å². The molecule has 86 valence electrons. The molecule has 0 aliphatic carbocycles. The third-order valence-corrected chi connectivity index (χ3v) is 4.27. The van der Waals surface area contributed by atoms with Crippen LogP contribution >= 0.6 is 39.0 Å². The normalized spacial score (nSPS) is 11.2. The van der Waals surface area contributed by atoms with Crippen LogP contribution in [0.25, 0.3) is 16.2 Å². The molecule has 0 fully saturated rings. The van der Waals surface area contributed by atoms with Gasteiger partial charge in [0.25, 0.3) is 0 Å². The molecule has 4 nitrogen and oxygen atoms in total. The molecule has 0 N–H and O–H groups in total. The van der Waals surface area contributed by atoms with Crippen molar-refractivity contribution in [2.75, 3.05) is 6.26 Å². The van der Waals surface area contributed by atoms with Crippen LogP contribution in [0.1, 0.15) is 0 Å².